The molecule has 0 amide bonds. The molecule has 0 bridgehead atoms. The van der Waals surface area contributed by atoms with Gasteiger partial charge in [0.05, 0.1) is 0 Å². The van der Waals surface area contributed by atoms with Crippen LogP contribution in [0.25, 0.3) is 49.4 Å². The average molecular weight is 734 g/mol. The lowest BCUT2D eigenvalue weighted by Crippen LogP contribution is -2.18. The van der Waals surface area contributed by atoms with Gasteiger partial charge < -0.3 is 4.90 Å². The summed E-state index contributed by atoms with van der Waals surface area (Å²) in [5.74, 6) is 0.412. The lowest BCUT2D eigenvalue weighted by atomic mass is 9.88. The molecular weight excluding hydrogens is 687 g/mol. The second-order valence-electron chi connectivity index (χ2n) is 15.1. The molecule has 276 valence electrons. The van der Waals surface area contributed by atoms with Crippen molar-refractivity contribution in [1.29, 1.82) is 0 Å². The monoisotopic (exact) mass is 733 g/mol. The van der Waals surface area contributed by atoms with Gasteiger partial charge in [0.25, 0.3) is 0 Å². The number of hydrogen-bond acceptors (Lipinski definition) is 1. The van der Waals surface area contributed by atoms with Crippen molar-refractivity contribution in [2.45, 2.75) is 32.1 Å². The van der Waals surface area contributed by atoms with Crippen LogP contribution in [-0.4, -0.2) is 0 Å². The molecular formula is C56H47N. The zero-order valence-electron chi connectivity index (χ0n) is 32.4. The van der Waals surface area contributed by atoms with Crippen LogP contribution in [0.15, 0.2) is 230 Å². The van der Waals surface area contributed by atoms with Gasteiger partial charge in [-0.1, -0.05) is 177 Å². The number of hydrogen-bond donors (Lipinski definition) is 0. The van der Waals surface area contributed by atoms with E-state index in [2.05, 4.69) is 200 Å². The van der Waals surface area contributed by atoms with Gasteiger partial charge in [-0.25, -0.2) is 0 Å². The molecule has 3 aliphatic rings. The summed E-state index contributed by atoms with van der Waals surface area (Å²) in [6.07, 6.45) is 33.9. The minimum absolute atomic E-state index is 0.412. The Morgan fingerprint density at radius 2 is 1.33 bits per heavy atom. The van der Waals surface area contributed by atoms with Crippen molar-refractivity contribution in [3.05, 3.63) is 235 Å². The molecule has 1 heteroatoms. The second-order valence-corrected chi connectivity index (χ2v) is 15.1. The van der Waals surface area contributed by atoms with Crippen LogP contribution >= 0.6 is 0 Å². The third kappa shape index (κ3) is 7.62. The number of anilines is 2. The summed E-state index contributed by atoms with van der Waals surface area (Å²) in [7, 11) is 0. The van der Waals surface area contributed by atoms with E-state index in [0.29, 0.717) is 5.92 Å². The SMILES string of the molecule is C=C/C=C\C=C\C1C=CC(c2ccc(N(C3=CC=C(C4=CC=CCC4)CC3)c3ccc(-c4cc5ccccc5c5cccc(-c6ccccc6)c45)cc3)cc2)=CC1. The summed E-state index contributed by atoms with van der Waals surface area (Å²) in [6, 6.07) is 47.1. The third-order valence-corrected chi connectivity index (χ3v) is 11.6. The molecule has 1 atom stereocenters. The minimum Gasteiger partial charge on any atom is -0.314 e. The standard InChI is InChI=1S/C56H47N/c1-2-3-4-7-15-41-24-26-43(27-25-41)45-30-36-50(37-31-45)57(49-34-28-44(29-35-49)42-16-8-5-9-17-42)51-38-32-47(33-39-51)55-40-48-20-12-13-21-52(48)54-23-14-22-53(56(54)55)46-18-10-6-11-19-46/h2-8,10-16,18-24,26-28,30-34,36-41H,1,9,17,25,29,35H2/b4-3-,15-7+. The van der Waals surface area contributed by atoms with E-state index in [1.165, 1.54) is 83.2 Å². The molecule has 1 nitrogen and oxygen atoms in total. The Morgan fingerprint density at radius 1 is 0.596 bits per heavy atom. The molecule has 0 N–H and O–H groups in total. The normalized spacial score (nSPS) is 16.8. The Morgan fingerprint density at radius 3 is 2.05 bits per heavy atom. The minimum atomic E-state index is 0.412. The first kappa shape index (κ1) is 36.0. The van der Waals surface area contributed by atoms with E-state index in [1.54, 1.807) is 6.08 Å². The van der Waals surface area contributed by atoms with Crippen molar-refractivity contribution in [3.8, 4) is 22.3 Å². The molecule has 6 aromatic rings. The van der Waals surface area contributed by atoms with Crippen molar-refractivity contribution >= 4 is 38.5 Å². The molecule has 0 aromatic heterocycles. The Hall–Kier alpha value is -6.70. The predicted molar refractivity (Wildman–Crippen MR) is 246 cm³/mol. The zero-order valence-corrected chi connectivity index (χ0v) is 32.4. The van der Waals surface area contributed by atoms with Crippen LogP contribution in [0.3, 0.4) is 0 Å². The van der Waals surface area contributed by atoms with E-state index in [4.69, 9.17) is 0 Å². The molecule has 0 saturated carbocycles. The molecule has 0 fully saturated rings. The van der Waals surface area contributed by atoms with Crippen molar-refractivity contribution in [1.82, 2.24) is 0 Å². The van der Waals surface area contributed by atoms with Crippen molar-refractivity contribution in [2.24, 2.45) is 5.92 Å². The van der Waals surface area contributed by atoms with Crippen LogP contribution in [0.1, 0.15) is 37.7 Å². The van der Waals surface area contributed by atoms with Gasteiger partial charge in [-0.2, -0.15) is 0 Å². The van der Waals surface area contributed by atoms with Gasteiger partial charge in [0.15, 0.2) is 0 Å². The topological polar surface area (TPSA) is 3.24 Å². The molecule has 0 radical (unpaired) electrons. The summed E-state index contributed by atoms with van der Waals surface area (Å²) in [5.41, 5.74) is 14.1. The van der Waals surface area contributed by atoms with Gasteiger partial charge in [0, 0.05) is 17.1 Å². The number of rotatable bonds is 10. The summed E-state index contributed by atoms with van der Waals surface area (Å²) in [5, 5.41) is 5.11. The maximum Gasteiger partial charge on any atom is 0.0458 e. The summed E-state index contributed by atoms with van der Waals surface area (Å²) < 4.78 is 0. The van der Waals surface area contributed by atoms with Gasteiger partial charge >= 0.3 is 0 Å². The van der Waals surface area contributed by atoms with E-state index < -0.39 is 0 Å². The maximum atomic E-state index is 3.76. The number of benzene rings is 6. The van der Waals surface area contributed by atoms with Gasteiger partial charge in [0.2, 0.25) is 0 Å². The summed E-state index contributed by atoms with van der Waals surface area (Å²) >= 11 is 0. The van der Waals surface area contributed by atoms with Crippen LogP contribution in [0, 0.1) is 5.92 Å². The van der Waals surface area contributed by atoms with Crippen LogP contribution in [0.4, 0.5) is 11.4 Å². The van der Waals surface area contributed by atoms with Crippen molar-refractivity contribution in [3.63, 3.8) is 0 Å². The number of allylic oxidation sites excluding steroid dienone is 17. The van der Waals surface area contributed by atoms with E-state index in [9.17, 15) is 0 Å². The quantitative estimate of drug-likeness (QED) is 0.100. The third-order valence-electron chi connectivity index (χ3n) is 11.6. The molecule has 0 heterocycles. The maximum absolute atomic E-state index is 3.76. The highest BCUT2D eigenvalue weighted by Crippen LogP contribution is 2.43. The molecule has 0 aliphatic heterocycles. The smallest absolute Gasteiger partial charge is 0.0458 e. The molecule has 6 aromatic carbocycles. The van der Waals surface area contributed by atoms with E-state index in [0.717, 1.165) is 32.1 Å². The van der Waals surface area contributed by atoms with Crippen LogP contribution in [0.5, 0.6) is 0 Å². The molecule has 0 saturated heterocycles. The highest BCUT2D eigenvalue weighted by Gasteiger charge is 2.20. The molecule has 9 rings (SSSR count). The first-order chi connectivity index (χ1) is 28.2. The highest BCUT2D eigenvalue weighted by atomic mass is 15.1. The fourth-order valence-corrected chi connectivity index (χ4v) is 8.62. The number of nitrogens with zero attached hydrogens (tertiary/aromatic N) is 1. The van der Waals surface area contributed by atoms with Gasteiger partial charge in [-0.3, -0.25) is 0 Å². The Labute approximate surface area is 337 Å². The molecule has 1 unspecified atom stereocenters. The lowest BCUT2D eigenvalue weighted by Gasteiger charge is -2.31. The summed E-state index contributed by atoms with van der Waals surface area (Å²) in [6.45, 7) is 3.76. The molecule has 57 heavy (non-hydrogen) atoms. The highest BCUT2D eigenvalue weighted by molar-refractivity contribution is 6.18. The lowest BCUT2D eigenvalue weighted by molar-refractivity contribution is 0.825. The van der Waals surface area contributed by atoms with Gasteiger partial charge in [0.1, 0.15) is 0 Å². The Kier molecular flexibility index (Phi) is 10.5. The first-order valence-corrected chi connectivity index (χ1v) is 20.3. The average Bonchev–Trinajstić information content (AvgIpc) is 3.29. The number of fused-ring (bicyclic) bond motifs is 3. The predicted octanol–water partition coefficient (Wildman–Crippen LogP) is 15.6. The first-order valence-electron chi connectivity index (χ1n) is 20.3. The van der Waals surface area contributed by atoms with E-state index in [-0.39, 0.29) is 0 Å². The summed E-state index contributed by atoms with van der Waals surface area (Å²) in [4.78, 5) is 2.46. The molecule has 0 spiro atoms. The van der Waals surface area contributed by atoms with E-state index in [1.807, 2.05) is 12.2 Å². The fourth-order valence-electron chi connectivity index (χ4n) is 8.62. The fraction of sp³-hybridized carbons (Fsp3) is 0.107. The largest absolute Gasteiger partial charge is 0.314 e. The van der Waals surface area contributed by atoms with Crippen LogP contribution < -0.4 is 4.90 Å². The van der Waals surface area contributed by atoms with Crippen LogP contribution in [0.2, 0.25) is 0 Å². The second kappa shape index (κ2) is 16.6. The Balaban J connectivity index is 1.09. The van der Waals surface area contributed by atoms with Crippen molar-refractivity contribution < 1.29 is 0 Å². The zero-order chi connectivity index (χ0) is 38.4. The van der Waals surface area contributed by atoms with Crippen LogP contribution in [-0.2, 0) is 0 Å². The van der Waals surface area contributed by atoms with Gasteiger partial charge in [-0.05, 0) is 141 Å². The molecule has 3 aliphatic carbocycles. The van der Waals surface area contributed by atoms with Crippen molar-refractivity contribution in [2.75, 3.05) is 4.90 Å². The Bertz CT molecular complexity index is 2690. The van der Waals surface area contributed by atoms with Gasteiger partial charge in [-0.15, -0.1) is 0 Å². The van der Waals surface area contributed by atoms with E-state index >= 15 is 0 Å².